The van der Waals surface area contributed by atoms with E-state index in [1.807, 2.05) is 6.07 Å². The predicted octanol–water partition coefficient (Wildman–Crippen LogP) is 4.06. The van der Waals surface area contributed by atoms with Gasteiger partial charge < -0.3 is 14.8 Å². The van der Waals surface area contributed by atoms with Crippen molar-refractivity contribution in [2.45, 2.75) is 59.3 Å². The van der Waals surface area contributed by atoms with E-state index in [4.69, 9.17) is 9.47 Å². The standard InChI is InChI=1S/C17H26N2O4/c1-16(2,3)22-14(20)18-11-12-8-7-9-13(10-12)19-15(21)23-17(4,5)6/h7-10H,11H2,1-6H3,(H,18,20)(H,19,21). The smallest absolute Gasteiger partial charge is 0.412 e. The molecule has 0 atom stereocenters. The number of carbonyl (C=O) groups is 2. The summed E-state index contributed by atoms with van der Waals surface area (Å²) >= 11 is 0. The molecule has 0 saturated carbocycles. The highest BCUT2D eigenvalue weighted by Crippen LogP contribution is 2.14. The Bertz CT molecular complexity index is 556. The molecule has 1 rings (SSSR count). The fraction of sp³-hybridized carbons (Fsp3) is 0.529. The van der Waals surface area contributed by atoms with Crippen LogP contribution in [0.1, 0.15) is 47.1 Å². The first-order chi connectivity index (χ1) is 10.4. The third kappa shape index (κ3) is 8.70. The van der Waals surface area contributed by atoms with Crippen LogP contribution in [0.15, 0.2) is 24.3 Å². The van der Waals surface area contributed by atoms with E-state index < -0.39 is 23.4 Å². The van der Waals surface area contributed by atoms with Crippen molar-refractivity contribution in [3.63, 3.8) is 0 Å². The molecule has 0 radical (unpaired) electrons. The first-order valence-corrected chi connectivity index (χ1v) is 7.50. The number of ether oxygens (including phenoxy) is 2. The molecule has 0 fully saturated rings. The van der Waals surface area contributed by atoms with Gasteiger partial charge in [-0.2, -0.15) is 0 Å². The van der Waals surface area contributed by atoms with Crippen molar-refractivity contribution >= 4 is 17.9 Å². The zero-order chi connectivity index (χ0) is 17.7. The van der Waals surface area contributed by atoms with Crippen molar-refractivity contribution in [1.29, 1.82) is 0 Å². The van der Waals surface area contributed by atoms with E-state index >= 15 is 0 Å². The molecule has 2 N–H and O–H groups in total. The minimum absolute atomic E-state index is 0.304. The van der Waals surface area contributed by atoms with Crippen LogP contribution in [-0.4, -0.2) is 23.4 Å². The number of hydrogen-bond donors (Lipinski definition) is 2. The maximum absolute atomic E-state index is 11.7. The lowest BCUT2D eigenvalue weighted by Gasteiger charge is -2.20. The molecule has 128 valence electrons. The molecule has 1 aromatic carbocycles. The Balaban J connectivity index is 2.57. The zero-order valence-corrected chi connectivity index (χ0v) is 14.6. The fourth-order valence-corrected chi connectivity index (χ4v) is 1.67. The summed E-state index contributed by atoms with van der Waals surface area (Å²) < 4.78 is 10.4. The van der Waals surface area contributed by atoms with Gasteiger partial charge in [0.1, 0.15) is 11.2 Å². The van der Waals surface area contributed by atoms with Crippen molar-refractivity contribution in [3.8, 4) is 0 Å². The second-order valence-corrected chi connectivity index (χ2v) is 7.18. The van der Waals surface area contributed by atoms with Crippen LogP contribution in [0.5, 0.6) is 0 Å². The van der Waals surface area contributed by atoms with Crippen LogP contribution in [-0.2, 0) is 16.0 Å². The van der Waals surface area contributed by atoms with Gasteiger partial charge in [0.15, 0.2) is 0 Å². The Morgan fingerprint density at radius 1 is 0.957 bits per heavy atom. The summed E-state index contributed by atoms with van der Waals surface area (Å²) in [5.74, 6) is 0. The van der Waals surface area contributed by atoms with Gasteiger partial charge in [0.05, 0.1) is 0 Å². The van der Waals surface area contributed by atoms with Crippen molar-refractivity contribution in [2.75, 3.05) is 5.32 Å². The highest BCUT2D eigenvalue weighted by molar-refractivity contribution is 5.84. The van der Waals surface area contributed by atoms with E-state index in [0.29, 0.717) is 12.2 Å². The van der Waals surface area contributed by atoms with Gasteiger partial charge in [-0.3, -0.25) is 5.32 Å². The Morgan fingerprint density at radius 2 is 1.52 bits per heavy atom. The summed E-state index contributed by atoms with van der Waals surface area (Å²) in [6.07, 6.45) is -1.00. The third-order valence-corrected chi connectivity index (χ3v) is 2.41. The van der Waals surface area contributed by atoms with Crippen LogP contribution < -0.4 is 10.6 Å². The molecular formula is C17H26N2O4. The summed E-state index contributed by atoms with van der Waals surface area (Å²) in [5, 5.41) is 5.33. The van der Waals surface area contributed by atoms with E-state index in [1.165, 1.54) is 0 Å². The molecule has 23 heavy (non-hydrogen) atoms. The van der Waals surface area contributed by atoms with Gasteiger partial charge in [-0.1, -0.05) is 12.1 Å². The van der Waals surface area contributed by atoms with Crippen molar-refractivity contribution in [2.24, 2.45) is 0 Å². The minimum atomic E-state index is -0.556. The van der Waals surface area contributed by atoms with E-state index in [-0.39, 0.29) is 0 Å². The topological polar surface area (TPSA) is 76.7 Å². The second-order valence-electron chi connectivity index (χ2n) is 7.18. The molecule has 1 aromatic rings. The average molecular weight is 322 g/mol. The highest BCUT2D eigenvalue weighted by atomic mass is 16.6. The van der Waals surface area contributed by atoms with E-state index in [9.17, 15) is 9.59 Å². The lowest BCUT2D eigenvalue weighted by atomic mass is 10.2. The molecule has 0 aliphatic heterocycles. The van der Waals surface area contributed by atoms with Gasteiger partial charge >= 0.3 is 12.2 Å². The first-order valence-electron chi connectivity index (χ1n) is 7.50. The van der Waals surface area contributed by atoms with Gasteiger partial charge in [0.25, 0.3) is 0 Å². The highest BCUT2D eigenvalue weighted by Gasteiger charge is 2.17. The SMILES string of the molecule is CC(C)(C)OC(=O)NCc1cccc(NC(=O)OC(C)(C)C)c1. The summed E-state index contributed by atoms with van der Waals surface area (Å²) in [6.45, 7) is 11.1. The normalized spacial score (nSPS) is 11.6. The Hall–Kier alpha value is -2.24. The van der Waals surface area contributed by atoms with Crippen LogP contribution >= 0.6 is 0 Å². The number of rotatable bonds is 3. The number of anilines is 1. The van der Waals surface area contributed by atoms with E-state index in [2.05, 4.69) is 10.6 Å². The Morgan fingerprint density at radius 3 is 2.09 bits per heavy atom. The Labute approximate surface area is 137 Å². The summed E-state index contributed by atoms with van der Waals surface area (Å²) in [5.41, 5.74) is 0.344. The number of hydrogen-bond acceptors (Lipinski definition) is 4. The van der Waals surface area contributed by atoms with Crippen molar-refractivity contribution in [1.82, 2.24) is 5.32 Å². The summed E-state index contributed by atoms with van der Waals surface area (Å²) in [4.78, 5) is 23.4. The van der Waals surface area contributed by atoms with E-state index in [1.54, 1.807) is 59.7 Å². The lowest BCUT2D eigenvalue weighted by Crippen LogP contribution is -2.32. The molecule has 6 nitrogen and oxygen atoms in total. The van der Waals surface area contributed by atoms with Gasteiger partial charge in [0.2, 0.25) is 0 Å². The molecule has 0 aliphatic carbocycles. The maximum atomic E-state index is 11.7. The third-order valence-electron chi connectivity index (χ3n) is 2.41. The van der Waals surface area contributed by atoms with Crippen LogP contribution in [0.4, 0.5) is 15.3 Å². The molecule has 6 heteroatoms. The monoisotopic (exact) mass is 322 g/mol. The first kappa shape index (κ1) is 18.8. The van der Waals surface area contributed by atoms with Crippen LogP contribution in [0.2, 0.25) is 0 Å². The van der Waals surface area contributed by atoms with Crippen molar-refractivity contribution < 1.29 is 19.1 Å². The van der Waals surface area contributed by atoms with Crippen LogP contribution in [0.3, 0.4) is 0 Å². The molecule has 2 amide bonds. The lowest BCUT2D eigenvalue weighted by molar-refractivity contribution is 0.0522. The molecular weight excluding hydrogens is 296 g/mol. The number of alkyl carbamates (subject to hydrolysis) is 1. The molecule has 0 saturated heterocycles. The fourth-order valence-electron chi connectivity index (χ4n) is 1.67. The quantitative estimate of drug-likeness (QED) is 0.880. The number of amides is 2. The maximum Gasteiger partial charge on any atom is 0.412 e. The summed E-state index contributed by atoms with van der Waals surface area (Å²) in [6, 6.07) is 7.15. The molecule has 0 unspecified atom stereocenters. The largest absolute Gasteiger partial charge is 0.444 e. The number of carbonyl (C=O) groups excluding carboxylic acids is 2. The minimum Gasteiger partial charge on any atom is -0.444 e. The van der Waals surface area contributed by atoms with Crippen LogP contribution in [0.25, 0.3) is 0 Å². The Kier molecular flexibility index (Phi) is 6.01. The average Bonchev–Trinajstić information content (AvgIpc) is 2.32. The molecule has 0 aromatic heterocycles. The molecule has 0 spiro atoms. The number of nitrogens with one attached hydrogen (secondary N) is 2. The molecule has 0 aliphatic rings. The van der Waals surface area contributed by atoms with Crippen molar-refractivity contribution in [3.05, 3.63) is 29.8 Å². The number of benzene rings is 1. The molecule has 0 heterocycles. The van der Waals surface area contributed by atoms with Gasteiger partial charge in [-0.15, -0.1) is 0 Å². The second kappa shape index (κ2) is 7.35. The van der Waals surface area contributed by atoms with E-state index in [0.717, 1.165) is 5.56 Å². The summed E-state index contributed by atoms with van der Waals surface area (Å²) in [7, 11) is 0. The van der Waals surface area contributed by atoms with Crippen LogP contribution in [0, 0.1) is 0 Å². The predicted molar refractivity (Wildman–Crippen MR) is 89.4 cm³/mol. The van der Waals surface area contributed by atoms with Gasteiger partial charge in [0, 0.05) is 12.2 Å². The van der Waals surface area contributed by atoms with Gasteiger partial charge in [-0.25, -0.2) is 9.59 Å². The zero-order valence-electron chi connectivity index (χ0n) is 14.6. The molecule has 0 bridgehead atoms. The van der Waals surface area contributed by atoms with Gasteiger partial charge in [-0.05, 0) is 59.2 Å².